The zero-order chi connectivity index (χ0) is 39.9. The number of pyridine rings is 2. The van der Waals surface area contributed by atoms with Crippen LogP contribution in [-0.4, -0.2) is 9.97 Å². The number of rotatable bonds is 4. The Labute approximate surface area is 271 Å². The van der Waals surface area contributed by atoms with Gasteiger partial charge in [-0.1, -0.05) is 62.7 Å². The molecule has 0 aliphatic heterocycles. The maximum atomic E-state index is 12.9. The van der Waals surface area contributed by atoms with E-state index >= 15 is 0 Å². The maximum Gasteiger partial charge on any atom is 0.0629 e. The minimum atomic E-state index is -2.62. The molecule has 0 saturated heterocycles. The maximum absolute atomic E-state index is 12.9. The van der Waals surface area contributed by atoms with E-state index in [1.54, 1.807) is 45.0 Å². The molecule has 2 heterocycles. The van der Waals surface area contributed by atoms with Gasteiger partial charge < -0.3 is 9.97 Å². The Morgan fingerprint density at radius 1 is 0.875 bits per heavy atom. The minimum Gasteiger partial charge on any atom is -0.304 e. The van der Waals surface area contributed by atoms with Gasteiger partial charge in [0.25, 0.3) is 0 Å². The molecule has 0 N–H and O–H groups in total. The van der Waals surface area contributed by atoms with E-state index in [4.69, 9.17) is 19.2 Å². The molecule has 0 saturated carbocycles. The van der Waals surface area contributed by atoms with E-state index in [0.717, 1.165) is 18.5 Å². The van der Waals surface area contributed by atoms with E-state index in [1.165, 1.54) is 30.3 Å². The second-order valence-corrected chi connectivity index (χ2v) is 9.62. The molecule has 3 aromatic carbocycles. The van der Waals surface area contributed by atoms with Crippen molar-refractivity contribution in [1.82, 2.24) is 9.97 Å². The molecule has 1 radical (unpaired) electrons. The Balaban J connectivity index is 0.000000310. The van der Waals surface area contributed by atoms with Gasteiger partial charge >= 0.3 is 0 Å². The summed E-state index contributed by atoms with van der Waals surface area (Å²) in [6.45, 7) is -2.57. The summed E-state index contributed by atoms with van der Waals surface area (Å²) in [6.07, 6.45) is 0.370. The van der Waals surface area contributed by atoms with Gasteiger partial charge in [0, 0.05) is 53.4 Å². The molecular weight excluding hydrogens is 672 g/mol. The summed E-state index contributed by atoms with van der Waals surface area (Å²) in [5.74, 6) is -0.478. The molecule has 0 aliphatic rings. The Morgan fingerprint density at radius 2 is 1.57 bits per heavy atom. The van der Waals surface area contributed by atoms with Crippen LogP contribution in [0.2, 0.25) is 0 Å². The summed E-state index contributed by atoms with van der Waals surface area (Å²) in [5.41, 5.74) is -0.237. The normalized spacial score (nSPS) is 17.2. The smallest absolute Gasteiger partial charge is 0.0629 e. The van der Waals surface area contributed by atoms with Crippen LogP contribution in [0.4, 0.5) is 4.39 Å². The van der Waals surface area contributed by atoms with Crippen molar-refractivity contribution >= 4 is 0 Å². The first-order valence-electron chi connectivity index (χ1n) is 19.0. The van der Waals surface area contributed by atoms with Crippen LogP contribution in [0.15, 0.2) is 91.2 Å². The van der Waals surface area contributed by atoms with Gasteiger partial charge in [-0.15, -0.1) is 65.7 Å². The van der Waals surface area contributed by atoms with Crippen LogP contribution < -0.4 is 0 Å². The first-order valence-corrected chi connectivity index (χ1v) is 12.0. The molecule has 0 bridgehead atoms. The zero-order valence-electron chi connectivity index (χ0n) is 36.0. The molecule has 0 atom stereocenters. The van der Waals surface area contributed by atoms with Gasteiger partial charge in [0.05, 0.1) is 4.11 Å². The SMILES string of the molecule is [2H]C([2H])([2H])c1cnc(-c2[c-]cc(F)cc2)cc1C([2H])([2H])[2H].[2H]c1cc(C([2H])([2H])C(C)(C)C)cc([2H])c1-c1c(C([2H])([2H])[2H])cnc(-c2[c-]cccc2)c1[2H].[Ir]. The molecule has 5 aromatic rings. The number of benzene rings is 3. The zero-order valence-corrected chi connectivity index (χ0v) is 24.4. The molecule has 2 nitrogen and oxygen atoms in total. The molecule has 0 fully saturated rings. The van der Waals surface area contributed by atoms with Gasteiger partial charge in [0.15, 0.2) is 0 Å². The van der Waals surface area contributed by atoms with E-state index in [2.05, 4.69) is 22.1 Å². The summed E-state index contributed by atoms with van der Waals surface area (Å²) in [4.78, 5) is 8.14. The van der Waals surface area contributed by atoms with Gasteiger partial charge in [-0.05, 0) is 71.5 Å². The molecule has 40 heavy (non-hydrogen) atoms. The van der Waals surface area contributed by atoms with E-state index in [1.807, 2.05) is 0 Å². The summed E-state index contributed by atoms with van der Waals surface area (Å²) in [6, 6.07) is 19.3. The van der Waals surface area contributed by atoms with E-state index in [-0.39, 0.29) is 83.0 Å². The van der Waals surface area contributed by atoms with E-state index in [0.29, 0.717) is 11.1 Å². The molecule has 0 spiro atoms. The third-order valence-electron chi connectivity index (χ3n) is 5.27. The number of aryl methyl sites for hydroxylation is 3. The van der Waals surface area contributed by atoms with Crippen LogP contribution in [0.3, 0.4) is 0 Å². The molecule has 4 heteroatoms. The number of aromatic nitrogens is 2. The molecule has 0 aliphatic carbocycles. The molecule has 2 aromatic heterocycles. The van der Waals surface area contributed by atoms with Gasteiger partial charge in [-0.3, -0.25) is 4.39 Å². The molecule has 207 valence electrons. The average Bonchev–Trinajstić information content (AvgIpc) is 3.04. The summed E-state index contributed by atoms with van der Waals surface area (Å²) < 4.78 is 124. The van der Waals surface area contributed by atoms with Crippen molar-refractivity contribution in [3.05, 3.63) is 131 Å². The van der Waals surface area contributed by atoms with Crippen molar-refractivity contribution in [2.75, 3.05) is 0 Å². The quantitative estimate of drug-likeness (QED) is 0.173. The van der Waals surface area contributed by atoms with Crippen LogP contribution in [0.5, 0.6) is 0 Å². The van der Waals surface area contributed by atoms with Gasteiger partial charge in [-0.2, -0.15) is 0 Å². The first kappa shape index (κ1) is 16.7. The van der Waals surface area contributed by atoms with Crippen molar-refractivity contribution in [3.63, 3.8) is 0 Å². The third-order valence-corrected chi connectivity index (χ3v) is 5.27. The van der Waals surface area contributed by atoms with Crippen molar-refractivity contribution in [1.29, 1.82) is 0 Å². The molecular formula is C36H35FIrN2-2. The standard InChI is InChI=1S/C23H24N.C13H11FN.Ir/c1-17-16-24-22(20-8-6-5-7-9-20)14-21(17)19-12-10-18(11-13-19)15-23(2,3)4;1-9-7-13(15-8-10(9)2)11-3-5-12(14)6-4-11;/h5-8,10-14,16H,15H2,1-4H3;3,5-8H,1-2H3;/q2*-1;/i1D3,12D,13D,14D,15D2;1D3,2D3;. The Hall–Kier alpha value is -3.46. The van der Waals surface area contributed by atoms with Crippen molar-refractivity contribution in [3.8, 4) is 33.6 Å². The van der Waals surface area contributed by atoms with Crippen LogP contribution >= 0.6 is 0 Å². The van der Waals surface area contributed by atoms with Crippen LogP contribution in [0.1, 0.15) is 62.2 Å². The number of hydrogen-bond donors (Lipinski definition) is 0. The Morgan fingerprint density at radius 3 is 2.20 bits per heavy atom. The molecule has 0 unspecified atom stereocenters. The van der Waals surface area contributed by atoms with Crippen LogP contribution in [0.25, 0.3) is 33.6 Å². The number of nitrogens with zero attached hydrogens (tertiary/aromatic N) is 2. The Bertz CT molecular complexity index is 2070. The fourth-order valence-corrected chi connectivity index (χ4v) is 3.49. The number of halogens is 1. The predicted octanol–water partition coefficient (Wildman–Crippen LogP) is 9.42. The third kappa shape index (κ3) is 8.52. The fourth-order valence-electron chi connectivity index (χ4n) is 3.49. The van der Waals surface area contributed by atoms with E-state index < -0.39 is 38.2 Å². The van der Waals surface area contributed by atoms with Gasteiger partial charge in [0.1, 0.15) is 0 Å². The largest absolute Gasteiger partial charge is 0.304 e. The van der Waals surface area contributed by atoms with Gasteiger partial charge in [0.2, 0.25) is 0 Å². The topological polar surface area (TPSA) is 25.8 Å². The first-order chi connectivity index (χ1) is 24.2. The van der Waals surface area contributed by atoms with Gasteiger partial charge in [-0.25, -0.2) is 0 Å². The molecule has 5 rings (SSSR count). The Kier molecular flexibility index (Phi) is 5.74. The van der Waals surface area contributed by atoms with E-state index in [9.17, 15) is 4.39 Å². The predicted molar refractivity (Wildman–Crippen MR) is 160 cm³/mol. The van der Waals surface area contributed by atoms with Crippen LogP contribution in [0, 0.1) is 43.9 Å². The number of hydrogen-bond acceptors (Lipinski definition) is 2. The monoisotopic (exact) mass is 721 g/mol. The average molecular weight is 721 g/mol. The second-order valence-electron chi connectivity index (χ2n) is 9.62. The second kappa shape index (κ2) is 13.7. The molecule has 0 amide bonds. The van der Waals surface area contributed by atoms with Crippen LogP contribution in [-0.2, 0) is 26.5 Å². The summed E-state index contributed by atoms with van der Waals surface area (Å²) in [7, 11) is 0. The summed E-state index contributed by atoms with van der Waals surface area (Å²) in [5, 5.41) is 0. The van der Waals surface area contributed by atoms with Crippen molar-refractivity contribution < 1.29 is 43.7 Å². The minimum absolute atomic E-state index is 0. The fraction of sp³-hybridized carbons (Fsp3) is 0.222. The van der Waals surface area contributed by atoms with Crippen molar-refractivity contribution in [2.24, 2.45) is 5.41 Å². The summed E-state index contributed by atoms with van der Waals surface area (Å²) >= 11 is 0. The van der Waals surface area contributed by atoms with Crippen molar-refractivity contribution in [2.45, 2.75) is 47.7 Å².